The van der Waals surface area contributed by atoms with E-state index in [1.165, 1.54) is 0 Å². The SMILES string of the molecule is C=CC(C)c1cc(C=O)c(OC)cc1OC1CCCCO1. The van der Waals surface area contributed by atoms with Crippen molar-refractivity contribution in [2.24, 2.45) is 0 Å². The Morgan fingerprint density at radius 3 is 2.76 bits per heavy atom. The molecule has 1 aliphatic heterocycles. The van der Waals surface area contributed by atoms with Crippen LogP contribution in [-0.2, 0) is 4.74 Å². The summed E-state index contributed by atoms with van der Waals surface area (Å²) in [5.41, 5.74) is 1.43. The molecule has 1 aliphatic rings. The van der Waals surface area contributed by atoms with Gasteiger partial charge in [-0.2, -0.15) is 0 Å². The number of carbonyl (C=O) groups is 1. The van der Waals surface area contributed by atoms with E-state index in [0.29, 0.717) is 17.1 Å². The Kier molecular flexibility index (Phi) is 5.39. The molecule has 2 unspecified atom stereocenters. The van der Waals surface area contributed by atoms with Crippen LogP contribution in [0.2, 0.25) is 0 Å². The molecule has 1 fully saturated rings. The predicted molar refractivity (Wildman–Crippen MR) is 81.2 cm³/mol. The van der Waals surface area contributed by atoms with Crippen LogP contribution in [0.15, 0.2) is 24.8 Å². The third kappa shape index (κ3) is 3.64. The fourth-order valence-electron chi connectivity index (χ4n) is 2.40. The molecule has 1 saturated heterocycles. The number of ether oxygens (including phenoxy) is 3. The molecule has 0 bridgehead atoms. The molecule has 114 valence electrons. The van der Waals surface area contributed by atoms with Gasteiger partial charge in [-0.1, -0.05) is 13.0 Å². The molecule has 2 atom stereocenters. The first-order chi connectivity index (χ1) is 10.2. The summed E-state index contributed by atoms with van der Waals surface area (Å²) < 4.78 is 16.9. The van der Waals surface area contributed by atoms with Gasteiger partial charge in [-0.25, -0.2) is 0 Å². The number of allylic oxidation sites excluding steroid dienone is 1. The molecule has 0 aliphatic carbocycles. The van der Waals surface area contributed by atoms with Crippen LogP contribution in [0.3, 0.4) is 0 Å². The lowest BCUT2D eigenvalue weighted by Gasteiger charge is -2.26. The van der Waals surface area contributed by atoms with E-state index < -0.39 is 0 Å². The highest BCUT2D eigenvalue weighted by atomic mass is 16.7. The summed E-state index contributed by atoms with van der Waals surface area (Å²) in [4.78, 5) is 11.2. The summed E-state index contributed by atoms with van der Waals surface area (Å²) in [6.07, 6.45) is 5.43. The molecule has 0 aromatic heterocycles. The Bertz CT molecular complexity index is 504. The van der Waals surface area contributed by atoms with Gasteiger partial charge < -0.3 is 14.2 Å². The van der Waals surface area contributed by atoms with Crippen LogP contribution >= 0.6 is 0 Å². The molecular weight excluding hydrogens is 268 g/mol. The quantitative estimate of drug-likeness (QED) is 0.592. The van der Waals surface area contributed by atoms with Crippen LogP contribution in [0.1, 0.15) is 48.0 Å². The van der Waals surface area contributed by atoms with E-state index >= 15 is 0 Å². The summed E-state index contributed by atoms with van der Waals surface area (Å²) in [5, 5.41) is 0. The zero-order valence-corrected chi connectivity index (χ0v) is 12.6. The zero-order chi connectivity index (χ0) is 15.2. The third-order valence-electron chi connectivity index (χ3n) is 3.73. The summed E-state index contributed by atoms with van der Waals surface area (Å²) in [5.74, 6) is 1.28. The lowest BCUT2D eigenvalue weighted by molar-refractivity contribution is -0.106. The number of methoxy groups -OCH3 is 1. The monoisotopic (exact) mass is 290 g/mol. The molecule has 0 spiro atoms. The van der Waals surface area contributed by atoms with Crippen molar-refractivity contribution < 1.29 is 19.0 Å². The Hall–Kier alpha value is -1.81. The predicted octanol–water partition coefficient (Wildman–Crippen LogP) is 3.70. The van der Waals surface area contributed by atoms with Gasteiger partial charge in [0.2, 0.25) is 0 Å². The Morgan fingerprint density at radius 1 is 1.38 bits per heavy atom. The number of benzene rings is 1. The van der Waals surface area contributed by atoms with Crippen LogP contribution in [0.5, 0.6) is 11.5 Å². The number of carbonyl (C=O) groups excluding carboxylic acids is 1. The number of hydrogen-bond acceptors (Lipinski definition) is 4. The lowest BCUT2D eigenvalue weighted by atomic mass is 9.97. The molecule has 1 aromatic rings. The maximum Gasteiger partial charge on any atom is 0.199 e. The van der Waals surface area contributed by atoms with Crippen molar-refractivity contribution in [3.05, 3.63) is 35.9 Å². The van der Waals surface area contributed by atoms with Crippen molar-refractivity contribution in [3.8, 4) is 11.5 Å². The fraction of sp³-hybridized carbons (Fsp3) is 0.471. The van der Waals surface area contributed by atoms with Crippen LogP contribution in [0.4, 0.5) is 0 Å². The van der Waals surface area contributed by atoms with Gasteiger partial charge in [0.15, 0.2) is 12.6 Å². The zero-order valence-electron chi connectivity index (χ0n) is 12.6. The Morgan fingerprint density at radius 2 is 2.19 bits per heavy atom. The fourth-order valence-corrected chi connectivity index (χ4v) is 2.40. The molecule has 1 heterocycles. The topological polar surface area (TPSA) is 44.8 Å². The molecular formula is C17H22O4. The van der Waals surface area contributed by atoms with E-state index in [0.717, 1.165) is 37.7 Å². The minimum Gasteiger partial charge on any atom is -0.496 e. The van der Waals surface area contributed by atoms with Crippen molar-refractivity contribution in [1.29, 1.82) is 0 Å². The van der Waals surface area contributed by atoms with E-state index in [-0.39, 0.29) is 12.2 Å². The van der Waals surface area contributed by atoms with Gasteiger partial charge in [0.05, 0.1) is 19.3 Å². The summed E-state index contributed by atoms with van der Waals surface area (Å²) >= 11 is 0. The molecule has 2 rings (SSSR count). The van der Waals surface area contributed by atoms with Gasteiger partial charge in [-0.15, -0.1) is 6.58 Å². The van der Waals surface area contributed by atoms with Crippen LogP contribution in [0, 0.1) is 0 Å². The molecule has 21 heavy (non-hydrogen) atoms. The van der Waals surface area contributed by atoms with Gasteiger partial charge >= 0.3 is 0 Å². The minimum absolute atomic E-state index is 0.0770. The second kappa shape index (κ2) is 7.27. The van der Waals surface area contributed by atoms with E-state index in [1.54, 1.807) is 19.2 Å². The Balaban J connectivity index is 2.35. The number of aldehydes is 1. The highest BCUT2D eigenvalue weighted by Gasteiger charge is 2.20. The first-order valence-corrected chi connectivity index (χ1v) is 7.27. The van der Waals surface area contributed by atoms with Crippen LogP contribution in [0.25, 0.3) is 0 Å². The maximum absolute atomic E-state index is 11.2. The largest absolute Gasteiger partial charge is 0.496 e. The van der Waals surface area contributed by atoms with Gasteiger partial charge in [-0.05, 0) is 18.9 Å². The molecule has 0 N–H and O–H groups in total. The first kappa shape index (κ1) is 15.6. The standard InChI is InChI=1S/C17H22O4/c1-4-12(2)14-9-13(11-18)15(19-3)10-16(14)21-17-7-5-6-8-20-17/h4,9-12,17H,1,5-8H2,2-3H3. The first-order valence-electron chi connectivity index (χ1n) is 7.27. The summed E-state index contributed by atoms with van der Waals surface area (Å²) in [7, 11) is 1.54. The highest BCUT2D eigenvalue weighted by molar-refractivity contribution is 5.80. The molecule has 1 aromatic carbocycles. The average Bonchev–Trinajstić information content (AvgIpc) is 2.54. The second-order valence-corrected chi connectivity index (χ2v) is 5.19. The molecule has 4 heteroatoms. The lowest BCUT2D eigenvalue weighted by Crippen LogP contribution is -2.25. The Labute approximate surface area is 125 Å². The smallest absolute Gasteiger partial charge is 0.199 e. The van der Waals surface area contributed by atoms with E-state index in [4.69, 9.17) is 14.2 Å². The van der Waals surface area contributed by atoms with Crippen LogP contribution < -0.4 is 9.47 Å². The van der Waals surface area contributed by atoms with Gasteiger partial charge in [0, 0.05) is 24.0 Å². The van der Waals surface area contributed by atoms with Gasteiger partial charge in [0.25, 0.3) is 0 Å². The van der Waals surface area contributed by atoms with Crippen molar-refractivity contribution >= 4 is 6.29 Å². The molecule has 0 amide bonds. The van der Waals surface area contributed by atoms with E-state index in [1.807, 2.05) is 13.0 Å². The van der Waals surface area contributed by atoms with Crippen molar-refractivity contribution in [1.82, 2.24) is 0 Å². The van der Waals surface area contributed by atoms with E-state index in [2.05, 4.69) is 6.58 Å². The number of rotatable bonds is 6. The number of hydrogen-bond donors (Lipinski definition) is 0. The molecule has 0 radical (unpaired) electrons. The highest BCUT2D eigenvalue weighted by Crippen LogP contribution is 2.35. The van der Waals surface area contributed by atoms with Gasteiger partial charge in [-0.3, -0.25) is 4.79 Å². The summed E-state index contributed by atoms with van der Waals surface area (Å²) in [6.45, 7) is 6.55. The van der Waals surface area contributed by atoms with Crippen molar-refractivity contribution in [3.63, 3.8) is 0 Å². The minimum atomic E-state index is -0.235. The normalized spacial score (nSPS) is 19.6. The second-order valence-electron chi connectivity index (χ2n) is 5.19. The molecule has 0 saturated carbocycles. The summed E-state index contributed by atoms with van der Waals surface area (Å²) in [6, 6.07) is 3.56. The van der Waals surface area contributed by atoms with Crippen molar-refractivity contribution in [2.45, 2.75) is 38.4 Å². The van der Waals surface area contributed by atoms with Crippen molar-refractivity contribution in [2.75, 3.05) is 13.7 Å². The average molecular weight is 290 g/mol. The molecule has 4 nitrogen and oxygen atoms in total. The van der Waals surface area contributed by atoms with Crippen LogP contribution in [-0.4, -0.2) is 26.3 Å². The van der Waals surface area contributed by atoms with Gasteiger partial charge in [0.1, 0.15) is 11.5 Å². The maximum atomic E-state index is 11.2. The third-order valence-corrected chi connectivity index (χ3v) is 3.73. The van der Waals surface area contributed by atoms with E-state index in [9.17, 15) is 4.79 Å².